The topological polar surface area (TPSA) is 48.5 Å². The third-order valence-electron chi connectivity index (χ3n) is 4.61. The van der Waals surface area contributed by atoms with Gasteiger partial charge in [-0.2, -0.15) is 4.39 Å². The minimum atomic E-state index is -0.465. The van der Waals surface area contributed by atoms with Gasteiger partial charge in [0.1, 0.15) is 0 Å². The van der Waals surface area contributed by atoms with E-state index in [4.69, 9.17) is 0 Å². The molecular formula is C19H23FN4O. The van der Waals surface area contributed by atoms with Crippen LogP contribution in [0.1, 0.15) is 11.1 Å². The van der Waals surface area contributed by atoms with Gasteiger partial charge in [-0.3, -0.25) is 9.69 Å². The van der Waals surface area contributed by atoms with E-state index in [1.54, 1.807) is 0 Å². The summed E-state index contributed by atoms with van der Waals surface area (Å²) >= 11 is 0. The maximum absolute atomic E-state index is 13.2. The van der Waals surface area contributed by atoms with Gasteiger partial charge >= 0.3 is 0 Å². The van der Waals surface area contributed by atoms with E-state index >= 15 is 0 Å². The average Bonchev–Trinajstić information content (AvgIpc) is 2.59. The summed E-state index contributed by atoms with van der Waals surface area (Å²) in [5.74, 6) is -0.473. The fraction of sp³-hybridized carbons (Fsp3) is 0.368. The van der Waals surface area contributed by atoms with Crippen LogP contribution >= 0.6 is 0 Å². The predicted octanol–water partition coefficient (Wildman–Crippen LogP) is 2.60. The Hall–Kier alpha value is -2.47. The summed E-state index contributed by atoms with van der Waals surface area (Å²) in [7, 11) is 0. The molecule has 1 aliphatic rings. The Morgan fingerprint density at radius 1 is 1.12 bits per heavy atom. The van der Waals surface area contributed by atoms with E-state index in [0.29, 0.717) is 6.54 Å². The molecule has 0 aliphatic carbocycles. The Balaban J connectivity index is 1.50. The number of benzene rings is 1. The van der Waals surface area contributed by atoms with Crippen molar-refractivity contribution in [3.05, 3.63) is 53.6 Å². The molecule has 0 unspecified atom stereocenters. The van der Waals surface area contributed by atoms with Crippen LogP contribution in [-0.2, 0) is 4.79 Å². The summed E-state index contributed by atoms with van der Waals surface area (Å²) in [6, 6.07) is 9.18. The fourth-order valence-electron chi connectivity index (χ4n) is 2.98. The highest BCUT2D eigenvalue weighted by Crippen LogP contribution is 2.17. The summed E-state index contributed by atoms with van der Waals surface area (Å²) in [4.78, 5) is 20.1. The molecule has 1 N–H and O–H groups in total. The van der Waals surface area contributed by atoms with Gasteiger partial charge in [-0.25, -0.2) is 4.98 Å². The first-order chi connectivity index (χ1) is 12.0. The van der Waals surface area contributed by atoms with Crippen molar-refractivity contribution in [1.82, 2.24) is 9.88 Å². The molecule has 1 amide bonds. The highest BCUT2D eigenvalue weighted by molar-refractivity contribution is 5.92. The van der Waals surface area contributed by atoms with E-state index in [-0.39, 0.29) is 5.91 Å². The van der Waals surface area contributed by atoms with Crippen LogP contribution in [0.3, 0.4) is 0 Å². The van der Waals surface area contributed by atoms with Gasteiger partial charge in [-0.05, 0) is 43.2 Å². The summed E-state index contributed by atoms with van der Waals surface area (Å²) in [5, 5.41) is 2.96. The largest absolute Gasteiger partial charge is 0.369 e. The molecule has 1 aromatic heterocycles. The number of amides is 1. The van der Waals surface area contributed by atoms with Crippen LogP contribution in [0.2, 0.25) is 0 Å². The molecule has 0 saturated carbocycles. The highest BCUT2D eigenvalue weighted by atomic mass is 19.1. The van der Waals surface area contributed by atoms with Crippen molar-refractivity contribution < 1.29 is 9.18 Å². The average molecular weight is 342 g/mol. The number of anilines is 2. The molecule has 6 heteroatoms. The molecule has 2 aromatic rings. The summed E-state index contributed by atoms with van der Waals surface area (Å²) < 4.78 is 13.2. The van der Waals surface area contributed by atoms with Crippen molar-refractivity contribution in [2.75, 3.05) is 42.9 Å². The van der Waals surface area contributed by atoms with Crippen molar-refractivity contribution in [1.29, 1.82) is 0 Å². The molecule has 25 heavy (non-hydrogen) atoms. The number of hydrogen-bond donors (Lipinski definition) is 1. The second-order valence-corrected chi connectivity index (χ2v) is 6.45. The molecule has 1 aromatic carbocycles. The van der Waals surface area contributed by atoms with E-state index < -0.39 is 5.95 Å². The van der Waals surface area contributed by atoms with Gasteiger partial charge in [0.05, 0.1) is 6.54 Å². The standard InChI is InChI=1S/C19H23FN4O/c1-14-3-4-16(11-15(14)2)22-19(25)13-23-7-9-24(10-8-23)17-5-6-21-18(20)12-17/h3-6,11-12H,7-10,13H2,1-2H3,(H,22,25). The molecule has 1 fully saturated rings. The lowest BCUT2D eigenvalue weighted by atomic mass is 10.1. The number of pyridine rings is 1. The zero-order chi connectivity index (χ0) is 17.8. The molecule has 3 rings (SSSR count). The first-order valence-corrected chi connectivity index (χ1v) is 8.47. The summed E-state index contributed by atoms with van der Waals surface area (Å²) in [5.41, 5.74) is 4.04. The van der Waals surface area contributed by atoms with Gasteiger partial charge in [0.2, 0.25) is 11.9 Å². The minimum absolute atomic E-state index is 0.00772. The Morgan fingerprint density at radius 2 is 1.88 bits per heavy atom. The molecule has 1 saturated heterocycles. The molecule has 0 bridgehead atoms. The molecular weight excluding hydrogens is 319 g/mol. The van der Waals surface area contributed by atoms with Crippen LogP contribution in [0.15, 0.2) is 36.5 Å². The number of piperazine rings is 1. The number of rotatable bonds is 4. The normalized spacial score (nSPS) is 15.2. The second-order valence-electron chi connectivity index (χ2n) is 6.45. The third kappa shape index (κ3) is 4.54. The van der Waals surface area contributed by atoms with Crippen molar-refractivity contribution >= 4 is 17.3 Å². The Kier molecular flexibility index (Phi) is 5.28. The van der Waals surface area contributed by atoms with Gasteiger partial charge < -0.3 is 10.2 Å². The molecule has 2 heterocycles. The Morgan fingerprint density at radius 3 is 2.56 bits per heavy atom. The number of carbonyl (C=O) groups excluding carboxylic acids is 1. The minimum Gasteiger partial charge on any atom is -0.369 e. The molecule has 0 radical (unpaired) electrons. The van der Waals surface area contributed by atoms with E-state index in [1.165, 1.54) is 17.8 Å². The van der Waals surface area contributed by atoms with Crippen molar-refractivity contribution in [3.63, 3.8) is 0 Å². The van der Waals surface area contributed by atoms with Crippen LogP contribution in [0, 0.1) is 19.8 Å². The number of carbonyl (C=O) groups is 1. The first kappa shape index (κ1) is 17.4. The summed E-state index contributed by atoms with van der Waals surface area (Å²) in [6.07, 6.45) is 1.48. The van der Waals surface area contributed by atoms with Gasteiger partial charge in [0.15, 0.2) is 0 Å². The lowest BCUT2D eigenvalue weighted by Crippen LogP contribution is -2.48. The van der Waals surface area contributed by atoms with Crippen molar-refractivity contribution in [2.45, 2.75) is 13.8 Å². The number of nitrogens with zero attached hydrogens (tertiary/aromatic N) is 3. The second kappa shape index (κ2) is 7.61. The Labute approximate surface area is 147 Å². The van der Waals surface area contributed by atoms with Crippen LogP contribution in [0.25, 0.3) is 0 Å². The summed E-state index contributed by atoms with van der Waals surface area (Å²) in [6.45, 7) is 7.52. The quantitative estimate of drug-likeness (QED) is 0.868. The van der Waals surface area contributed by atoms with Crippen molar-refractivity contribution in [3.8, 4) is 0 Å². The Bertz CT molecular complexity index is 757. The number of aryl methyl sites for hydroxylation is 2. The van der Waals surface area contributed by atoms with Crippen LogP contribution in [0.5, 0.6) is 0 Å². The lowest BCUT2D eigenvalue weighted by molar-refractivity contribution is -0.117. The van der Waals surface area contributed by atoms with Gasteiger partial charge in [0, 0.05) is 49.8 Å². The number of aromatic nitrogens is 1. The van der Waals surface area contributed by atoms with E-state index in [1.807, 2.05) is 31.2 Å². The highest BCUT2D eigenvalue weighted by Gasteiger charge is 2.19. The van der Waals surface area contributed by atoms with E-state index in [0.717, 1.165) is 43.1 Å². The molecule has 132 valence electrons. The SMILES string of the molecule is Cc1ccc(NC(=O)CN2CCN(c3ccnc(F)c3)CC2)cc1C. The molecule has 5 nitrogen and oxygen atoms in total. The first-order valence-electron chi connectivity index (χ1n) is 8.47. The number of halogens is 1. The fourth-order valence-corrected chi connectivity index (χ4v) is 2.98. The lowest BCUT2D eigenvalue weighted by Gasteiger charge is -2.35. The van der Waals surface area contributed by atoms with Gasteiger partial charge in [-0.1, -0.05) is 6.07 Å². The molecule has 1 aliphatic heterocycles. The number of hydrogen-bond acceptors (Lipinski definition) is 4. The zero-order valence-corrected chi connectivity index (χ0v) is 14.6. The zero-order valence-electron chi connectivity index (χ0n) is 14.6. The maximum Gasteiger partial charge on any atom is 0.238 e. The smallest absolute Gasteiger partial charge is 0.238 e. The van der Waals surface area contributed by atoms with Gasteiger partial charge in [-0.15, -0.1) is 0 Å². The van der Waals surface area contributed by atoms with Gasteiger partial charge in [0.25, 0.3) is 0 Å². The van der Waals surface area contributed by atoms with Crippen LogP contribution < -0.4 is 10.2 Å². The maximum atomic E-state index is 13.2. The molecule has 0 spiro atoms. The van der Waals surface area contributed by atoms with Crippen molar-refractivity contribution in [2.24, 2.45) is 0 Å². The van der Waals surface area contributed by atoms with Crippen LogP contribution in [-0.4, -0.2) is 48.5 Å². The number of nitrogens with one attached hydrogen (secondary N) is 1. The molecule has 0 atom stereocenters. The monoisotopic (exact) mass is 342 g/mol. The third-order valence-corrected chi connectivity index (χ3v) is 4.61. The predicted molar refractivity (Wildman–Crippen MR) is 97.4 cm³/mol. The van der Waals surface area contributed by atoms with E-state index in [9.17, 15) is 9.18 Å². The van der Waals surface area contributed by atoms with Crippen LogP contribution in [0.4, 0.5) is 15.8 Å². The van der Waals surface area contributed by atoms with E-state index in [2.05, 4.69) is 27.0 Å².